The minimum atomic E-state index is -0.736. The first-order valence-corrected chi connectivity index (χ1v) is 9.13. The molecule has 0 fully saturated rings. The Morgan fingerprint density at radius 3 is 2.70 bits per heavy atom. The molecule has 1 amide bonds. The molecule has 4 rings (SSSR count). The van der Waals surface area contributed by atoms with Crippen LogP contribution in [0.5, 0.6) is 17.2 Å². The summed E-state index contributed by atoms with van der Waals surface area (Å²) in [6.45, 7) is 4.78. The molecule has 1 radical (unpaired) electrons. The van der Waals surface area contributed by atoms with Gasteiger partial charge in [-0.1, -0.05) is 6.07 Å². The number of ether oxygens (including phenoxy) is 2. The molecule has 0 saturated heterocycles. The number of nitrogens with zero attached hydrogens (tertiary/aromatic N) is 4. The van der Waals surface area contributed by atoms with Crippen LogP contribution in [-0.2, 0) is 14.6 Å². The summed E-state index contributed by atoms with van der Waals surface area (Å²) in [5, 5.41) is 26.0. The van der Waals surface area contributed by atoms with Crippen molar-refractivity contribution in [3.05, 3.63) is 42.0 Å². The van der Waals surface area contributed by atoms with Crippen LogP contribution in [0, 0.1) is 0 Å². The number of hydrogen-bond acceptors (Lipinski definition) is 7. The van der Waals surface area contributed by atoms with Crippen molar-refractivity contribution in [3.63, 3.8) is 0 Å². The number of nitrogens with one attached hydrogen (secondary N) is 1. The number of carbonyl (C=O) groups excluding carboxylic acids is 2. The Balaban J connectivity index is 1.83. The molecule has 0 bridgehead atoms. The van der Waals surface area contributed by atoms with Crippen LogP contribution in [0.4, 0.5) is 5.69 Å². The number of H-pyrrole nitrogens is 1. The Morgan fingerprint density at radius 1 is 1.20 bits per heavy atom. The third-order valence-corrected chi connectivity index (χ3v) is 4.24. The van der Waals surface area contributed by atoms with E-state index in [4.69, 9.17) is 9.47 Å². The molecule has 2 heterocycles. The van der Waals surface area contributed by atoms with E-state index < -0.39 is 29.8 Å². The molecule has 153 valence electrons. The summed E-state index contributed by atoms with van der Waals surface area (Å²) >= 11 is 0. The molecule has 10 nitrogen and oxygen atoms in total. The number of aromatic amines is 1. The van der Waals surface area contributed by atoms with Crippen molar-refractivity contribution in [2.45, 2.75) is 26.4 Å². The molecule has 2 aromatic carbocycles. The van der Waals surface area contributed by atoms with Crippen molar-refractivity contribution in [3.8, 4) is 28.6 Å². The molecule has 1 aliphatic heterocycles. The van der Waals surface area contributed by atoms with Crippen LogP contribution in [0.3, 0.4) is 0 Å². The van der Waals surface area contributed by atoms with E-state index in [9.17, 15) is 14.7 Å². The van der Waals surface area contributed by atoms with E-state index >= 15 is 0 Å². The lowest BCUT2D eigenvalue weighted by Crippen LogP contribution is -2.38. The summed E-state index contributed by atoms with van der Waals surface area (Å²) in [4.78, 5) is 27.0. The van der Waals surface area contributed by atoms with Gasteiger partial charge in [0.25, 0.3) is 5.91 Å². The summed E-state index contributed by atoms with van der Waals surface area (Å²) in [6.07, 6.45) is 0. The number of benzene rings is 2. The van der Waals surface area contributed by atoms with Gasteiger partial charge < -0.3 is 9.47 Å². The quantitative estimate of drug-likeness (QED) is 0.659. The average molecular weight is 408 g/mol. The highest BCUT2D eigenvalue weighted by molar-refractivity contribution is 6.13. The lowest BCUT2D eigenvalue weighted by Gasteiger charge is -2.25. The monoisotopic (exact) mass is 408 g/mol. The number of rotatable bonds is 3. The Hall–Kier alpha value is -3.95. The second-order valence-corrected chi connectivity index (χ2v) is 7.64. The highest BCUT2D eigenvalue weighted by Gasteiger charge is 2.34. The van der Waals surface area contributed by atoms with Crippen LogP contribution in [-0.4, -0.2) is 44.6 Å². The molecule has 30 heavy (non-hydrogen) atoms. The third kappa shape index (κ3) is 3.66. The number of esters is 1. The van der Waals surface area contributed by atoms with Crippen LogP contribution in [0.1, 0.15) is 31.1 Å². The Morgan fingerprint density at radius 2 is 2.00 bits per heavy atom. The average Bonchev–Trinajstić information content (AvgIpc) is 3.16. The van der Waals surface area contributed by atoms with Gasteiger partial charge in [-0.05, 0) is 61.5 Å². The van der Waals surface area contributed by atoms with E-state index in [0.29, 0.717) is 17.1 Å². The van der Waals surface area contributed by atoms with Gasteiger partial charge in [-0.2, -0.15) is 0 Å². The first-order valence-electron chi connectivity index (χ1n) is 9.13. The summed E-state index contributed by atoms with van der Waals surface area (Å²) in [5.74, 6) is -0.997. The number of tetrazole rings is 1. The van der Waals surface area contributed by atoms with E-state index in [0.717, 1.165) is 0 Å². The first kappa shape index (κ1) is 19.4. The Bertz CT molecular complexity index is 1120. The van der Waals surface area contributed by atoms with Crippen molar-refractivity contribution >= 4 is 17.6 Å². The largest absolute Gasteiger partial charge is 0.459 e. The predicted octanol–water partition coefficient (Wildman–Crippen LogP) is 3.10. The number of hydrogen-bond donors (Lipinski definition) is 1. The maximum atomic E-state index is 13.3. The number of carbonyl (C=O) groups is 2. The lowest BCUT2D eigenvalue weighted by molar-refractivity contribution is -0.152. The van der Waals surface area contributed by atoms with Crippen molar-refractivity contribution in [2.75, 3.05) is 11.4 Å². The van der Waals surface area contributed by atoms with Crippen LogP contribution in [0.15, 0.2) is 36.4 Å². The second kappa shape index (κ2) is 7.14. The van der Waals surface area contributed by atoms with Crippen molar-refractivity contribution in [2.24, 2.45) is 0 Å². The molecule has 1 N–H and O–H groups in total. The number of amides is 1. The topological polar surface area (TPSA) is 130 Å². The van der Waals surface area contributed by atoms with Gasteiger partial charge in [0, 0.05) is 5.56 Å². The molecule has 0 aliphatic carbocycles. The van der Waals surface area contributed by atoms with Gasteiger partial charge in [-0.15, -0.1) is 5.10 Å². The fourth-order valence-electron chi connectivity index (χ4n) is 3.07. The molecule has 0 spiro atoms. The summed E-state index contributed by atoms with van der Waals surface area (Å²) < 4.78 is 11.2. The maximum Gasteiger partial charge on any atom is 0.326 e. The van der Waals surface area contributed by atoms with Gasteiger partial charge in [0.2, 0.25) is 0 Å². The van der Waals surface area contributed by atoms with Gasteiger partial charge in [-0.25, -0.2) is 5.10 Å². The highest BCUT2D eigenvalue weighted by Crippen LogP contribution is 2.43. The second-order valence-electron chi connectivity index (χ2n) is 7.64. The summed E-state index contributed by atoms with van der Waals surface area (Å²) in [5.41, 5.74) is -0.0339. The zero-order valence-electron chi connectivity index (χ0n) is 16.5. The molecule has 1 aliphatic rings. The van der Waals surface area contributed by atoms with Gasteiger partial charge in [0.15, 0.2) is 17.3 Å². The summed E-state index contributed by atoms with van der Waals surface area (Å²) in [6, 6.07) is 9.23. The molecule has 1 aromatic heterocycles. The SMILES string of the molecule is CC(C)(C)OC(=O)CN1C(=O)c2c([O])cccc2Oc2ccc(-c3nnn[nH]3)cc21. The minimum Gasteiger partial charge on any atom is -0.459 e. The first-order chi connectivity index (χ1) is 14.2. The highest BCUT2D eigenvalue weighted by atomic mass is 16.6. The van der Waals surface area contributed by atoms with Crippen molar-refractivity contribution < 1.29 is 24.2 Å². The zero-order valence-corrected chi connectivity index (χ0v) is 16.5. The Labute approximate surface area is 171 Å². The zero-order chi connectivity index (χ0) is 21.5. The van der Waals surface area contributed by atoms with E-state index in [-0.39, 0.29) is 17.0 Å². The third-order valence-electron chi connectivity index (χ3n) is 4.24. The lowest BCUT2D eigenvalue weighted by atomic mass is 10.1. The fourth-order valence-corrected chi connectivity index (χ4v) is 3.07. The standard InChI is InChI=1S/C20H18N5O5/c1-20(2,3)30-16(27)10-25-12-9-11(18-21-23-24-22-18)7-8-14(12)29-15-6-4-5-13(26)17(15)19(25)28/h4-9H,10H2,1-3H3,(H,21,22,23,24). The number of aromatic nitrogens is 4. The van der Waals surface area contributed by atoms with E-state index in [1.165, 1.54) is 23.1 Å². The van der Waals surface area contributed by atoms with Crippen LogP contribution in [0.25, 0.3) is 11.4 Å². The van der Waals surface area contributed by atoms with Crippen LogP contribution >= 0.6 is 0 Å². The van der Waals surface area contributed by atoms with Crippen molar-refractivity contribution in [1.29, 1.82) is 0 Å². The smallest absolute Gasteiger partial charge is 0.326 e. The predicted molar refractivity (Wildman–Crippen MR) is 104 cm³/mol. The van der Waals surface area contributed by atoms with Gasteiger partial charge >= 0.3 is 5.97 Å². The molecule has 10 heteroatoms. The van der Waals surface area contributed by atoms with E-state index in [1.807, 2.05) is 0 Å². The maximum absolute atomic E-state index is 13.3. The van der Waals surface area contributed by atoms with E-state index in [2.05, 4.69) is 20.6 Å². The molecule has 0 unspecified atom stereocenters. The normalized spacial score (nSPS) is 13.2. The molecule has 0 atom stereocenters. The number of anilines is 1. The van der Waals surface area contributed by atoms with Crippen molar-refractivity contribution in [1.82, 2.24) is 20.6 Å². The molecular weight excluding hydrogens is 390 g/mol. The van der Waals surface area contributed by atoms with Gasteiger partial charge in [0.05, 0.1) is 5.69 Å². The summed E-state index contributed by atoms with van der Waals surface area (Å²) in [7, 11) is 0. The fraction of sp³-hybridized carbons (Fsp3) is 0.250. The minimum absolute atomic E-state index is 0.120. The van der Waals surface area contributed by atoms with Crippen LogP contribution < -0.4 is 9.64 Å². The van der Waals surface area contributed by atoms with Gasteiger partial charge in [-0.3, -0.25) is 19.6 Å². The number of fused-ring (bicyclic) bond motifs is 2. The molecule has 3 aromatic rings. The molecule has 0 saturated carbocycles. The van der Waals surface area contributed by atoms with Crippen LogP contribution in [0.2, 0.25) is 0 Å². The van der Waals surface area contributed by atoms with Gasteiger partial charge in [0.1, 0.15) is 23.5 Å². The van der Waals surface area contributed by atoms with E-state index in [1.54, 1.807) is 39.0 Å². The Kier molecular flexibility index (Phi) is 4.61. The molecular formula is C20H18N5O5.